The third kappa shape index (κ3) is 2.54. The van der Waals surface area contributed by atoms with Crippen molar-refractivity contribution in [2.45, 2.75) is 19.3 Å². The maximum Gasteiger partial charge on any atom is 0.342 e. The van der Waals surface area contributed by atoms with Crippen LogP contribution in [0.4, 0.5) is 11.4 Å². The highest BCUT2D eigenvalue weighted by Crippen LogP contribution is 2.32. The molecule has 0 aliphatic heterocycles. The van der Waals surface area contributed by atoms with Crippen molar-refractivity contribution in [1.29, 1.82) is 0 Å². The average molecular weight is 264 g/mol. The Bertz CT molecular complexity index is 551. The molecule has 1 aliphatic rings. The van der Waals surface area contributed by atoms with Crippen LogP contribution in [0, 0.1) is 16.0 Å². The number of nitrogens with zero attached hydrogens (tertiary/aromatic N) is 1. The first-order valence-corrected chi connectivity index (χ1v) is 5.82. The van der Waals surface area contributed by atoms with Crippen LogP contribution >= 0.6 is 0 Å². The topological polar surface area (TPSA) is 110 Å². The van der Waals surface area contributed by atoms with E-state index in [4.69, 9.17) is 5.11 Å². The molecular formula is C12H12N2O5. The van der Waals surface area contributed by atoms with Crippen molar-refractivity contribution in [2.75, 3.05) is 5.32 Å². The van der Waals surface area contributed by atoms with Crippen molar-refractivity contribution >= 4 is 23.3 Å². The van der Waals surface area contributed by atoms with E-state index in [-0.39, 0.29) is 17.5 Å². The third-order valence-corrected chi connectivity index (χ3v) is 3.18. The van der Waals surface area contributed by atoms with E-state index in [1.54, 1.807) is 0 Å². The lowest BCUT2D eigenvalue weighted by Gasteiger charge is -2.24. The molecule has 0 bridgehead atoms. The Hall–Kier alpha value is -2.44. The molecule has 0 atom stereocenters. The Kier molecular flexibility index (Phi) is 3.46. The number of para-hydroxylation sites is 1. The van der Waals surface area contributed by atoms with E-state index in [2.05, 4.69) is 5.32 Å². The number of aromatic carboxylic acids is 1. The largest absolute Gasteiger partial charge is 0.477 e. The first-order chi connectivity index (χ1) is 9.00. The summed E-state index contributed by atoms with van der Waals surface area (Å²) in [4.78, 5) is 32.9. The van der Waals surface area contributed by atoms with Gasteiger partial charge in [-0.1, -0.05) is 12.5 Å². The van der Waals surface area contributed by atoms with Gasteiger partial charge in [0.05, 0.1) is 4.92 Å². The van der Waals surface area contributed by atoms with Gasteiger partial charge in [0.25, 0.3) is 0 Å². The van der Waals surface area contributed by atoms with Crippen molar-refractivity contribution in [3.8, 4) is 0 Å². The number of hydrogen-bond donors (Lipinski definition) is 2. The fraction of sp³-hybridized carbons (Fsp3) is 0.333. The highest BCUT2D eigenvalue weighted by atomic mass is 16.6. The van der Waals surface area contributed by atoms with Crippen LogP contribution < -0.4 is 5.32 Å². The summed E-state index contributed by atoms with van der Waals surface area (Å²) < 4.78 is 0. The summed E-state index contributed by atoms with van der Waals surface area (Å²) in [5.74, 6) is -1.82. The Morgan fingerprint density at radius 3 is 2.53 bits per heavy atom. The molecule has 1 aliphatic carbocycles. The summed E-state index contributed by atoms with van der Waals surface area (Å²) in [5.41, 5.74) is -1.08. The summed E-state index contributed by atoms with van der Waals surface area (Å²) >= 11 is 0. The second-order valence-electron chi connectivity index (χ2n) is 4.38. The van der Waals surface area contributed by atoms with E-state index >= 15 is 0 Å². The summed E-state index contributed by atoms with van der Waals surface area (Å²) in [6.07, 6.45) is 2.49. The SMILES string of the molecule is O=C(O)c1cccc(NC(=O)C2CCC2)c1[N+](=O)[O-]. The fourth-order valence-electron chi connectivity index (χ4n) is 1.92. The monoisotopic (exact) mass is 264 g/mol. The van der Waals surface area contributed by atoms with Crippen molar-refractivity contribution < 1.29 is 19.6 Å². The Balaban J connectivity index is 2.33. The van der Waals surface area contributed by atoms with Gasteiger partial charge in [-0.2, -0.15) is 0 Å². The number of anilines is 1. The van der Waals surface area contributed by atoms with Crippen LogP contribution in [0.2, 0.25) is 0 Å². The van der Waals surface area contributed by atoms with Crippen LogP contribution in [0.25, 0.3) is 0 Å². The Morgan fingerprint density at radius 2 is 2.05 bits per heavy atom. The number of carbonyl (C=O) groups is 2. The number of carbonyl (C=O) groups excluding carboxylic acids is 1. The van der Waals surface area contributed by atoms with E-state index in [1.807, 2.05) is 0 Å². The molecule has 100 valence electrons. The third-order valence-electron chi connectivity index (χ3n) is 3.18. The molecule has 2 rings (SSSR count). The van der Waals surface area contributed by atoms with Gasteiger partial charge in [0.15, 0.2) is 0 Å². The summed E-state index contributed by atoms with van der Waals surface area (Å²) in [6, 6.07) is 3.84. The first-order valence-electron chi connectivity index (χ1n) is 5.82. The number of benzene rings is 1. The van der Waals surface area contributed by atoms with Gasteiger partial charge in [0.2, 0.25) is 5.91 Å². The highest BCUT2D eigenvalue weighted by Gasteiger charge is 2.29. The summed E-state index contributed by atoms with van der Waals surface area (Å²) in [6.45, 7) is 0. The van der Waals surface area contributed by atoms with E-state index in [0.29, 0.717) is 0 Å². The molecule has 0 aromatic heterocycles. The minimum absolute atomic E-state index is 0.0678. The molecule has 2 N–H and O–H groups in total. The van der Waals surface area contributed by atoms with E-state index in [9.17, 15) is 19.7 Å². The molecule has 1 aromatic carbocycles. The lowest BCUT2D eigenvalue weighted by molar-refractivity contribution is -0.384. The normalized spacial score (nSPS) is 14.5. The highest BCUT2D eigenvalue weighted by molar-refractivity contribution is 6.00. The van der Waals surface area contributed by atoms with Crippen LogP contribution in [-0.4, -0.2) is 21.9 Å². The molecule has 0 unspecified atom stereocenters. The van der Waals surface area contributed by atoms with Gasteiger partial charge in [-0.25, -0.2) is 4.79 Å². The lowest BCUT2D eigenvalue weighted by Crippen LogP contribution is -2.28. The molecule has 7 heteroatoms. The number of nitrogens with one attached hydrogen (secondary N) is 1. The second-order valence-corrected chi connectivity index (χ2v) is 4.38. The van der Waals surface area contributed by atoms with Gasteiger partial charge in [-0.15, -0.1) is 0 Å². The minimum atomic E-state index is -1.40. The van der Waals surface area contributed by atoms with Crippen molar-refractivity contribution in [3.05, 3.63) is 33.9 Å². The molecule has 1 fully saturated rings. The zero-order valence-electron chi connectivity index (χ0n) is 9.96. The molecule has 0 radical (unpaired) electrons. The van der Waals surface area contributed by atoms with E-state index in [0.717, 1.165) is 25.3 Å². The Labute approximate surface area is 108 Å². The van der Waals surface area contributed by atoms with E-state index < -0.39 is 22.1 Å². The van der Waals surface area contributed by atoms with Gasteiger partial charge < -0.3 is 10.4 Å². The summed E-state index contributed by atoms with van der Waals surface area (Å²) in [5, 5.41) is 22.3. The second kappa shape index (κ2) is 5.05. The fourth-order valence-corrected chi connectivity index (χ4v) is 1.92. The molecule has 0 saturated heterocycles. The maximum atomic E-state index is 11.8. The van der Waals surface area contributed by atoms with Crippen molar-refractivity contribution in [3.63, 3.8) is 0 Å². The van der Waals surface area contributed by atoms with Crippen LogP contribution in [0.3, 0.4) is 0 Å². The predicted molar refractivity (Wildman–Crippen MR) is 66.0 cm³/mol. The first kappa shape index (κ1) is 13.0. The number of carboxylic acid groups (broad SMARTS) is 1. The van der Waals surface area contributed by atoms with E-state index in [1.165, 1.54) is 12.1 Å². The predicted octanol–water partition coefficient (Wildman–Crippen LogP) is 2.03. The average Bonchev–Trinajstić information content (AvgIpc) is 2.25. The number of rotatable bonds is 4. The molecule has 7 nitrogen and oxygen atoms in total. The standard InChI is InChI=1S/C12H12N2O5/c15-11(7-3-1-4-7)13-9-6-2-5-8(12(16)17)10(9)14(18)19/h2,5-7H,1,3-4H2,(H,13,15)(H,16,17). The molecule has 1 aromatic rings. The molecule has 19 heavy (non-hydrogen) atoms. The Morgan fingerprint density at radius 1 is 1.37 bits per heavy atom. The number of hydrogen-bond acceptors (Lipinski definition) is 4. The van der Waals surface area contributed by atoms with Crippen LogP contribution in [0.5, 0.6) is 0 Å². The van der Waals surface area contributed by atoms with Crippen molar-refractivity contribution in [2.24, 2.45) is 5.92 Å². The van der Waals surface area contributed by atoms with Gasteiger partial charge >= 0.3 is 11.7 Å². The zero-order chi connectivity index (χ0) is 14.0. The molecular weight excluding hydrogens is 252 g/mol. The summed E-state index contributed by atoms with van der Waals surface area (Å²) in [7, 11) is 0. The lowest BCUT2D eigenvalue weighted by atomic mass is 9.85. The van der Waals surface area contributed by atoms with Crippen LogP contribution in [0.1, 0.15) is 29.6 Å². The van der Waals surface area contributed by atoms with Gasteiger partial charge in [0.1, 0.15) is 11.3 Å². The van der Waals surface area contributed by atoms with Gasteiger partial charge in [0, 0.05) is 5.92 Å². The number of amides is 1. The van der Waals surface area contributed by atoms with Crippen LogP contribution in [-0.2, 0) is 4.79 Å². The van der Waals surface area contributed by atoms with Gasteiger partial charge in [-0.3, -0.25) is 14.9 Å². The zero-order valence-corrected chi connectivity index (χ0v) is 9.96. The maximum absolute atomic E-state index is 11.8. The molecule has 0 heterocycles. The van der Waals surface area contributed by atoms with Crippen LogP contribution in [0.15, 0.2) is 18.2 Å². The minimum Gasteiger partial charge on any atom is -0.477 e. The number of nitro groups is 1. The molecule has 1 saturated carbocycles. The molecule has 1 amide bonds. The smallest absolute Gasteiger partial charge is 0.342 e. The number of carboxylic acids is 1. The van der Waals surface area contributed by atoms with Gasteiger partial charge in [-0.05, 0) is 25.0 Å². The number of nitro benzene ring substituents is 1. The quantitative estimate of drug-likeness (QED) is 0.638. The van der Waals surface area contributed by atoms with Crippen molar-refractivity contribution in [1.82, 2.24) is 0 Å². The molecule has 0 spiro atoms.